The molecular formula is C22H22F3N5O2. The van der Waals surface area contributed by atoms with Crippen LogP contribution >= 0.6 is 0 Å². The Labute approximate surface area is 181 Å². The first kappa shape index (κ1) is 21.8. The quantitative estimate of drug-likeness (QED) is 0.653. The number of aryl methyl sites for hydroxylation is 1. The fourth-order valence-electron chi connectivity index (χ4n) is 3.94. The number of aromatic nitrogens is 3. The second kappa shape index (κ2) is 8.60. The Balaban J connectivity index is 1.60. The van der Waals surface area contributed by atoms with Crippen molar-refractivity contribution in [2.45, 2.75) is 45.1 Å². The Morgan fingerprint density at radius 3 is 2.62 bits per heavy atom. The molecule has 10 heteroatoms. The SMILES string of the molecule is Cc1nc2ccc(N3CCCC3C(=O)NCc3ccccc3)nc2c(=O)n1CC(F)(F)F. The van der Waals surface area contributed by atoms with Crippen LogP contribution in [-0.2, 0) is 17.9 Å². The van der Waals surface area contributed by atoms with Crippen molar-refractivity contribution in [2.24, 2.45) is 0 Å². The minimum atomic E-state index is -4.56. The molecule has 3 aromatic rings. The van der Waals surface area contributed by atoms with Crippen LogP contribution in [0.2, 0.25) is 0 Å². The molecule has 1 N–H and O–H groups in total. The minimum Gasteiger partial charge on any atom is -0.350 e. The van der Waals surface area contributed by atoms with E-state index in [-0.39, 0.29) is 22.8 Å². The normalized spacial score (nSPS) is 16.5. The highest BCUT2D eigenvalue weighted by molar-refractivity contribution is 5.86. The number of rotatable bonds is 5. The summed E-state index contributed by atoms with van der Waals surface area (Å²) in [5.74, 6) is 0.176. The lowest BCUT2D eigenvalue weighted by Crippen LogP contribution is -2.43. The maximum Gasteiger partial charge on any atom is 0.406 e. The van der Waals surface area contributed by atoms with Gasteiger partial charge in [-0.3, -0.25) is 14.2 Å². The molecule has 7 nitrogen and oxygen atoms in total. The van der Waals surface area contributed by atoms with E-state index in [0.29, 0.717) is 29.9 Å². The van der Waals surface area contributed by atoms with Gasteiger partial charge in [0.1, 0.15) is 24.2 Å². The molecule has 0 spiro atoms. The summed E-state index contributed by atoms with van der Waals surface area (Å²) < 4.78 is 39.3. The van der Waals surface area contributed by atoms with Crippen molar-refractivity contribution in [1.82, 2.24) is 19.9 Å². The molecule has 168 valence electrons. The second-order valence-corrected chi connectivity index (χ2v) is 7.76. The van der Waals surface area contributed by atoms with Gasteiger partial charge >= 0.3 is 6.18 Å². The number of nitrogens with zero attached hydrogens (tertiary/aromatic N) is 4. The number of carbonyl (C=O) groups excluding carboxylic acids is 1. The number of fused-ring (bicyclic) bond motifs is 1. The van der Waals surface area contributed by atoms with E-state index in [1.807, 2.05) is 30.3 Å². The number of pyridine rings is 1. The van der Waals surface area contributed by atoms with Crippen LogP contribution in [0.25, 0.3) is 11.0 Å². The van der Waals surface area contributed by atoms with Gasteiger partial charge in [0.15, 0.2) is 5.52 Å². The smallest absolute Gasteiger partial charge is 0.350 e. The third-order valence-corrected chi connectivity index (χ3v) is 5.48. The molecule has 1 amide bonds. The predicted octanol–water partition coefficient (Wildman–Crippen LogP) is 2.95. The van der Waals surface area contributed by atoms with Crippen molar-refractivity contribution in [3.05, 3.63) is 64.2 Å². The summed E-state index contributed by atoms with van der Waals surface area (Å²) in [6, 6.07) is 12.2. The maximum atomic E-state index is 12.9. The number of hydrogen-bond acceptors (Lipinski definition) is 5. The van der Waals surface area contributed by atoms with Crippen molar-refractivity contribution in [1.29, 1.82) is 0 Å². The van der Waals surface area contributed by atoms with E-state index in [1.165, 1.54) is 6.92 Å². The first-order valence-electron chi connectivity index (χ1n) is 10.3. The molecule has 1 fully saturated rings. The monoisotopic (exact) mass is 445 g/mol. The van der Waals surface area contributed by atoms with Gasteiger partial charge in [-0.15, -0.1) is 0 Å². The van der Waals surface area contributed by atoms with Gasteiger partial charge in [-0.2, -0.15) is 13.2 Å². The number of carbonyl (C=O) groups is 1. The van der Waals surface area contributed by atoms with Crippen molar-refractivity contribution < 1.29 is 18.0 Å². The molecule has 0 bridgehead atoms. The Morgan fingerprint density at radius 2 is 1.91 bits per heavy atom. The van der Waals surface area contributed by atoms with E-state index < -0.39 is 24.3 Å². The largest absolute Gasteiger partial charge is 0.406 e. The summed E-state index contributed by atoms with van der Waals surface area (Å²) >= 11 is 0. The summed E-state index contributed by atoms with van der Waals surface area (Å²) in [6.45, 7) is 0.868. The molecule has 2 aromatic heterocycles. The number of hydrogen-bond donors (Lipinski definition) is 1. The molecule has 0 radical (unpaired) electrons. The molecule has 1 aliphatic rings. The van der Waals surface area contributed by atoms with Gasteiger partial charge in [-0.25, -0.2) is 9.97 Å². The maximum absolute atomic E-state index is 12.9. The standard InChI is InChI=1S/C22H22F3N5O2/c1-14-27-16-9-10-18(28-19(16)21(32)30(14)13-22(23,24)25)29-11-5-8-17(29)20(31)26-12-15-6-3-2-4-7-15/h2-4,6-7,9-10,17H,5,8,11-13H2,1H3,(H,26,31). The lowest BCUT2D eigenvalue weighted by molar-refractivity contribution is -0.141. The topological polar surface area (TPSA) is 80.1 Å². The molecule has 0 aliphatic carbocycles. The lowest BCUT2D eigenvalue weighted by atomic mass is 10.2. The van der Waals surface area contributed by atoms with Gasteiger partial charge in [-0.05, 0) is 37.5 Å². The highest BCUT2D eigenvalue weighted by Crippen LogP contribution is 2.25. The zero-order valence-electron chi connectivity index (χ0n) is 17.4. The van der Waals surface area contributed by atoms with Crippen LogP contribution in [0, 0.1) is 6.92 Å². The number of benzene rings is 1. The third-order valence-electron chi connectivity index (χ3n) is 5.48. The van der Waals surface area contributed by atoms with E-state index in [1.54, 1.807) is 17.0 Å². The van der Waals surface area contributed by atoms with Crippen LogP contribution in [0.1, 0.15) is 24.2 Å². The second-order valence-electron chi connectivity index (χ2n) is 7.76. The van der Waals surface area contributed by atoms with Crippen molar-refractivity contribution in [3.63, 3.8) is 0 Å². The molecule has 4 rings (SSSR count). The van der Waals surface area contributed by atoms with Crippen LogP contribution < -0.4 is 15.8 Å². The summed E-state index contributed by atoms with van der Waals surface area (Å²) in [7, 11) is 0. The van der Waals surface area contributed by atoms with E-state index >= 15 is 0 Å². The van der Waals surface area contributed by atoms with Crippen molar-refractivity contribution >= 4 is 22.8 Å². The fourth-order valence-corrected chi connectivity index (χ4v) is 3.94. The number of alkyl halides is 3. The fraction of sp³-hybridized carbons (Fsp3) is 0.364. The molecule has 1 atom stereocenters. The first-order chi connectivity index (χ1) is 15.2. The third kappa shape index (κ3) is 4.58. The molecule has 1 aliphatic heterocycles. The van der Waals surface area contributed by atoms with Crippen LogP contribution in [0.3, 0.4) is 0 Å². The summed E-state index contributed by atoms with van der Waals surface area (Å²) in [4.78, 5) is 35.8. The lowest BCUT2D eigenvalue weighted by Gasteiger charge is -2.25. The van der Waals surface area contributed by atoms with Crippen LogP contribution in [0.15, 0.2) is 47.3 Å². The van der Waals surface area contributed by atoms with Crippen LogP contribution in [-0.4, -0.2) is 39.2 Å². The van der Waals surface area contributed by atoms with E-state index in [4.69, 9.17) is 0 Å². The number of nitrogens with one attached hydrogen (secondary N) is 1. The van der Waals surface area contributed by atoms with Gasteiger partial charge in [0.05, 0.1) is 5.52 Å². The molecule has 1 saturated heterocycles. The average Bonchev–Trinajstić information content (AvgIpc) is 3.25. The van der Waals surface area contributed by atoms with E-state index in [9.17, 15) is 22.8 Å². The van der Waals surface area contributed by atoms with Crippen molar-refractivity contribution in [3.8, 4) is 0 Å². The van der Waals surface area contributed by atoms with Crippen LogP contribution in [0.5, 0.6) is 0 Å². The van der Waals surface area contributed by atoms with Crippen molar-refractivity contribution in [2.75, 3.05) is 11.4 Å². The molecule has 1 unspecified atom stereocenters. The number of halogens is 3. The average molecular weight is 445 g/mol. The molecule has 0 saturated carbocycles. The molecule has 1 aromatic carbocycles. The van der Waals surface area contributed by atoms with Gasteiger partial charge in [0.25, 0.3) is 5.56 Å². The highest BCUT2D eigenvalue weighted by atomic mass is 19.4. The first-order valence-corrected chi connectivity index (χ1v) is 10.3. The summed E-state index contributed by atoms with van der Waals surface area (Å²) in [5.41, 5.74) is 0.198. The molecular weight excluding hydrogens is 423 g/mol. The summed E-state index contributed by atoms with van der Waals surface area (Å²) in [5, 5.41) is 2.92. The Bertz CT molecular complexity index is 1190. The van der Waals surface area contributed by atoms with E-state index in [2.05, 4.69) is 15.3 Å². The Morgan fingerprint density at radius 1 is 1.16 bits per heavy atom. The molecule has 32 heavy (non-hydrogen) atoms. The molecule has 3 heterocycles. The van der Waals surface area contributed by atoms with Gasteiger partial charge < -0.3 is 10.2 Å². The number of amides is 1. The number of anilines is 1. The Hall–Kier alpha value is -3.43. The predicted molar refractivity (Wildman–Crippen MR) is 113 cm³/mol. The van der Waals surface area contributed by atoms with Crippen LogP contribution in [0.4, 0.5) is 19.0 Å². The van der Waals surface area contributed by atoms with Gasteiger partial charge in [0.2, 0.25) is 5.91 Å². The van der Waals surface area contributed by atoms with E-state index in [0.717, 1.165) is 12.0 Å². The Kier molecular flexibility index (Phi) is 5.86. The summed E-state index contributed by atoms with van der Waals surface area (Å²) in [6.07, 6.45) is -3.18. The zero-order valence-corrected chi connectivity index (χ0v) is 17.4. The van der Waals surface area contributed by atoms with Gasteiger partial charge in [-0.1, -0.05) is 30.3 Å². The zero-order chi connectivity index (χ0) is 22.9. The minimum absolute atomic E-state index is 0.0336. The van der Waals surface area contributed by atoms with Gasteiger partial charge in [0, 0.05) is 13.1 Å². The highest BCUT2D eigenvalue weighted by Gasteiger charge is 2.33.